The van der Waals surface area contributed by atoms with Crippen LogP contribution in [-0.4, -0.2) is 37.7 Å². The van der Waals surface area contributed by atoms with Gasteiger partial charge in [-0.1, -0.05) is 12.1 Å². The molecule has 2 heterocycles. The van der Waals surface area contributed by atoms with Crippen molar-refractivity contribution in [2.75, 3.05) is 32.8 Å². The van der Waals surface area contributed by atoms with Crippen LogP contribution in [0.5, 0.6) is 0 Å². The largest absolute Gasteiger partial charge is 0.379 e. The molecule has 4 heteroatoms. The first kappa shape index (κ1) is 14.7. The first-order valence-corrected chi connectivity index (χ1v) is 8.29. The molecule has 1 saturated heterocycles. The number of rotatable bonds is 5. The maximum atomic E-state index is 13.0. The SMILES string of the molecule is Fc1ccc(Cc2sccc2CCN2CCOCC2)cc1. The van der Waals surface area contributed by atoms with Crippen LogP contribution in [0.3, 0.4) is 0 Å². The number of hydrogen-bond donors (Lipinski definition) is 0. The van der Waals surface area contributed by atoms with Crippen LogP contribution in [0.1, 0.15) is 16.0 Å². The van der Waals surface area contributed by atoms with Crippen molar-refractivity contribution in [3.05, 3.63) is 57.5 Å². The van der Waals surface area contributed by atoms with Gasteiger partial charge in [0.15, 0.2) is 0 Å². The summed E-state index contributed by atoms with van der Waals surface area (Å²) in [5.41, 5.74) is 2.60. The summed E-state index contributed by atoms with van der Waals surface area (Å²) in [6, 6.07) is 9.05. The Morgan fingerprint density at radius 2 is 1.86 bits per heavy atom. The molecular formula is C17H20FNOS. The lowest BCUT2D eigenvalue weighted by Crippen LogP contribution is -2.37. The third-order valence-corrected chi connectivity index (χ3v) is 4.88. The maximum Gasteiger partial charge on any atom is 0.123 e. The van der Waals surface area contributed by atoms with Crippen molar-refractivity contribution in [1.82, 2.24) is 4.90 Å². The number of thiophene rings is 1. The van der Waals surface area contributed by atoms with Gasteiger partial charge in [-0.2, -0.15) is 0 Å². The van der Waals surface area contributed by atoms with Crippen molar-refractivity contribution in [2.24, 2.45) is 0 Å². The topological polar surface area (TPSA) is 12.5 Å². The van der Waals surface area contributed by atoms with E-state index in [1.165, 1.54) is 28.1 Å². The second kappa shape index (κ2) is 7.16. The third kappa shape index (κ3) is 4.13. The van der Waals surface area contributed by atoms with E-state index >= 15 is 0 Å². The molecule has 0 atom stereocenters. The third-order valence-electron chi connectivity index (χ3n) is 3.92. The molecule has 1 aliphatic rings. The Labute approximate surface area is 129 Å². The number of hydrogen-bond acceptors (Lipinski definition) is 3. The van der Waals surface area contributed by atoms with E-state index in [1.807, 2.05) is 12.1 Å². The van der Waals surface area contributed by atoms with Gasteiger partial charge in [-0.25, -0.2) is 4.39 Å². The quantitative estimate of drug-likeness (QED) is 0.840. The molecule has 0 saturated carbocycles. The summed E-state index contributed by atoms with van der Waals surface area (Å²) in [4.78, 5) is 3.86. The van der Waals surface area contributed by atoms with Crippen molar-refractivity contribution >= 4 is 11.3 Å². The predicted molar refractivity (Wildman–Crippen MR) is 84.5 cm³/mol. The highest BCUT2D eigenvalue weighted by molar-refractivity contribution is 7.10. The van der Waals surface area contributed by atoms with E-state index in [2.05, 4.69) is 16.3 Å². The summed E-state index contributed by atoms with van der Waals surface area (Å²) >= 11 is 1.80. The molecule has 0 N–H and O–H groups in total. The van der Waals surface area contributed by atoms with E-state index in [-0.39, 0.29) is 5.82 Å². The highest BCUT2D eigenvalue weighted by Gasteiger charge is 2.12. The summed E-state index contributed by atoms with van der Waals surface area (Å²) < 4.78 is 18.3. The summed E-state index contributed by atoms with van der Waals surface area (Å²) in [5, 5.41) is 2.16. The zero-order valence-electron chi connectivity index (χ0n) is 12.1. The standard InChI is InChI=1S/C17H20FNOS/c18-16-3-1-14(2-4-16)13-17-15(6-12-21-17)5-7-19-8-10-20-11-9-19/h1-4,6,12H,5,7-11,13H2. The van der Waals surface area contributed by atoms with Gasteiger partial charge in [0, 0.05) is 30.9 Å². The van der Waals surface area contributed by atoms with Crippen LogP contribution in [0.25, 0.3) is 0 Å². The molecule has 2 nitrogen and oxygen atoms in total. The number of nitrogens with zero attached hydrogens (tertiary/aromatic N) is 1. The van der Waals surface area contributed by atoms with Crippen molar-refractivity contribution in [3.63, 3.8) is 0 Å². The number of benzene rings is 1. The van der Waals surface area contributed by atoms with Gasteiger partial charge in [0.25, 0.3) is 0 Å². The van der Waals surface area contributed by atoms with Gasteiger partial charge in [0.2, 0.25) is 0 Å². The molecule has 0 bridgehead atoms. The molecule has 1 aromatic carbocycles. The van der Waals surface area contributed by atoms with Crippen LogP contribution in [0.4, 0.5) is 4.39 Å². The summed E-state index contributed by atoms with van der Waals surface area (Å²) in [6.07, 6.45) is 1.98. The molecule has 0 amide bonds. The smallest absolute Gasteiger partial charge is 0.123 e. The molecule has 1 fully saturated rings. The van der Waals surface area contributed by atoms with Gasteiger partial charge in [-0.05, 0) is 41.1 Å². The van der Waals surface area contributed by atoms with Crippen molar-refractivity contribution in [3.8, 4) is 0 Å². The fraction of sp³-hybridized carbons (Fsp3) is 0.412. The second-order valence-electron chi connectivity index (χ2n) is 5.38. The first-order valence-electron chi connectivity index (χ1n) is 7.41. The minimum Gasteiger partial charge on any atom is -0.379 e. The molecule has 0 aliphatic carbocycles. The Morgan fingerprint density at radius 1 is 1.10 bits per heavy atom. The van der Waals surface area contributed by atoms with Crippen LogP contribution in [0, 0.1) is 5.82 Å². The lowest BCUT2D eigenvalue weighted by atomic mass is 10.1. The zero-order valence-corrected chi connectivity index (χ0v) is 12.9. The summed E-state index contributed by atoms with van der Waals surface area (Å²) in [7, 11) is 0. The van der Waals surface area contributed by atoms with Gasteiger partial charge >= 0.3 is 0 Å². The average Bonchev–Trinajstić information content (AvgIpc) is 2.96. The van der Waals surface area contributed by atoms with Crippen LogP contribution < -0.4 is 0 Å². The molecule has 21 heavy (non-hydrogen) atoms. The normalized spacial score (nSPS) is 16.2. The maximum absolute atomic E-state index is 13.0. The minimum absolute atomic E-state index is 0.169. The molecular weight excluding hydrogens is 285 g/mol. The Bertz CT molecular complexity index is 560. The molecule has 0 unspecified atom stereocenters. The van der Waals surface area contributed by atoms with Crippen molar-refractivity contribution in [2.45, 2.75) is 12.8 Å². The molecule has 0 spiro atoms. The fourth-order valence-electron chi connectivity index (χ4n) is 2.64. The van der Waals surface area contributed by atoms with Crippen molar-refractivity contribution in [1.29, 1.82) is 0 Å². The molecule has 1 aliphatic heterocycles. The van der Waals surface area contributed by atoms with Gasteiger partial charge in [-0.15, -0.1) is 11.3 Å². The van der Waals surface area contributed by atoms with Gasteiger partial charge in [-0.3, -0.25) is 4.90 Å². The number of ether oxygens (including phenoxy) is 1. The van der Waals surface area contributed by atoms with Gasteiger partial charge < -0.3 is 4.74 Å². The molecule has 112 valence electrons. The minimum atomic E-state index is -0.169. The van der Waals surface area contributed by atoms with Crippen LogP contribution in [-0.2, 0) is 17.6 Å². The molecule has 0 radical (unpaired) electrons. The Morgan fingerprint density at radius 3 is 2.62 bits per heavy atom. The zero-order chi connectivity index (χ0) is 14.5. The lowest BCUT2D eigenvalue weighted by Gasteiger charge is -2.26. The van der Waals surface area contributed by atoms with Crippen LogP contribution in [0.2, 0.25) is 0 Å². The Balaban J connectivity index is 1.59. The summed E-state index contributed by atoms with van der Waals surface area (Å²) in [5.74, 6) is -0.169. The lowest BCUT2D eigenvalue weighted by molar-refractivity contribution is 0.0384. The Kier molecular flexibility index (Phi) is 5.01. The van der Waals surface area contributed by atoms with Crippen LogP contribution in [0.15, 0.2) is 35.7 Å². The van der Waals surface area contributed by atoms with Gasteiger partial charge in [0.05, 0.1) is 13.2 Å². The molecule has 2 aromatic rings. The van der Waals surface area contributed by atoms with E-state index in [4.69, 9.17) is 4.74 Å². The fourth-order valence-corrected chi connectivity index (χ4v) is 3.60. The highest BCUT2D eigenvalue weighted by Crippen LogP contribution is 2.22. The van der Waals surface area contributed by atoms with E-state index in [1.54, 1.807) is 11.3 Å². The van der Waals surface area contributed by atoms with E-state index in [0.717, 1.165) is 45.7 Å². The van der Waals surface area contributed by atoms with Gasteiger partial charge in [0.1, 0.15) is 5.82 Å². The van der Waals surface area contributed by atoms with Crippen molar-refractivity contribution < 1.29 is 9.13 Å². The van der Waals surface area contributed by atoms with E-state index < -0.39 is 0 Å². The number of morpholine rings is 1. The molecule has 3 rings (SSSR count). The first-order chi connectivity index (χ1) is 10.3. The number of halogens is 1. The Hall–Kier alpha value is -1.23. The predicted octanol–water partition coefficient (Wildman–Crippen LogP) is 3.35. The van der Waals surface area contributed by atoms with E-state index in [0.29, 0.717) is 0 Å². The molecule has 1 aromatic heterocycles. The average molecular weight is 305 g/mol. The summed E-state index contributed by atoms with van der Waals surface area (Å²) in [6.45, 7) is 4.88. The van der Waals surface area contributed by atoms with E-state index in [9.17, 15) is 4.39 Å². The monoisotopic (exact) mass is 305 g/mol. The van der Waals surface area contributed by atoms with Crippen LogP contribution >= 0.6 is 11.3 Å². The second-order valence-corrected chi connectivity index (χ2v) is 6.38. The highest BCUT2D eigenvalue weighted by atomic mass is 32.1.